The van der Waals surface area contributed by atoms with Crippen molar-refractivity contribution in [3.05, 3.63) is 132 Å². The third-order valence-corrected chi connectivity index (χ3v) is 7.31. The van der Waals surface area contributed by atoms with E-state index in [0.717, 1.165) is 33.2 Å². The van der Waals surface area contributed by atoms with Gasteiger partial charge in [-0.2, -0.15) is 0 Å². The number of hydrogen-bond donors (Lipinski definition) is 2. The van der Waals surface area contributed by atoms with Gasteiger partial charge in [-0.1, -0.05) is 84.9 Å². The molecule has 4 nitrogen and oxygen atoms in total. The first-order valence-corrected chi connectivity index (χ1v) is 12.3. The zero-order valence-electron chi connectivity index (χ0n) is 19.6. The van der Waals surface area contributed by atoms with Crippen LogP contribution in [0.2, 0.25) is 0 Å². The van der Waals surface area contributed by atoms with Crippen LogP contribution in [0, 0.1) is 0 Å². The van der Waals surface area contributed by atoms with Crippen LogP contribution >= 0.6 is 0 Å². The topological polar surface area (TPSA) is 57.9 Å². The molecule has 4 heteroatoms. The average molecular weight is 469 g/mol. The molecular formula is C32H24N2O2. The highest BCUT2D eigenvalue weighted by Gasteiger charge is 2.32. The molecule has 0 radical (unpaired) electrons. The van der Waals surface area contributed by atoms with E-state index >= 15 is 0 Å². The molecule has 0 aliphatic heterocycles. The van der Waals surface area contributed by atoms with E-state index in [9.17, 15) is 4.79 Å². The Morgan fingerprint density at radius 3 is 1.67 bits per heavy atom. The number of para-hydroxylation sites is 2. The Morgan fingerprint density at radius 1 is 0.667 bits per heavy atom. The fraction of sp³-hybridized carbons (Fsp3) is 0.0938. The number of carbonyl (C=O) groups excluding carboxylic acids is 1. The van der Waals surface area contributed by atoms with Crippen molar-refractivity contribution in [2.24, 2.45) is 0 Å². The maximum atomic E-state index is 13.8. The highest BCUT2D eigenvalue weighted by Crippen LogP contribution is 2.44. The predicted molar refractivity (Wildman–Crippen MR) is 143 cm³/mol. The van der Waals surface area contributed by atoms with E-state index in [0.29, 0.717) is 6.61 Å². The molecule has 0 atom stereocenters. The van der Waals surface area contributed by atoms with E-state index < -0.39 is 5.92 Å². The fourth-order valence-electron chi connectivity index (χ4n) is 5.61. The first kappa shape index (κ1) is 20.8. The van der Waals surface area contributed by atoms with Crippen molar-refractivity contribution in [3.63, 3.8) is 0 Å². The number of H-pyrrole nitrogens is 2. The number of esters is 1. The van der Waals surface area contributed by atoms with Gasteiger partial charge in [0.05, 0.1) is 0 Å². The van der Waals surface area contributed by atoms with Gasteiger partial charge in [0, 0.05) is 28.3 Å². The van der Waals surface area contributed by atoms with E-state index in [1.807, 2.05) is 48.5 Å². The zero-order chi connectivity index (χ0) is 24.1. The molecule has 1 aliphatic carbocycles. The summed E-state index contributed by atoms with van der Waals surface area (Å²) in [6.07, 6.45) is 0. The van der Waals surface area contributed by atoms with Crippen LogP contribution in [0.5, 0.6) is 0 Å². The number of hydrogen-bond acceptors (Lipinski definition) is 2. The van der Waals surface area contributed by atoms with Gasteiger partial charge in [0.25, 0.3) is 0 Å². The van der Waals surface area contributed by atoms with Crippen molar-refractivity contribution in [3.8, 4) is 11.1 Å². The van der Waals surface area contributed by atoms with Gasteiger partial charge in [-0.05, 0) is 57.3 Å². The second kappa shape index (κ2) is 8.28. The van der Waals surface area contributed by atoms with Gasteiger partial charge in [-0.3, -0.25) is 4.79 Å². The average Bonchev–Trinajstić information content (AvgIpc) is 3.61. The van der Waals surface area contributed by atoms with Crippen molar-refractivity contribution in [2.45, 2.75) is 11.8 Å². The summed E-state index contributed by atoms with van der Waals surface area (Å²) >= 11 is 0. The number of nitrogens with one attached hydrogen (secondary N) is 2. The van der Waals surface area contributed by atoms with Crippen molar-refractivity contribution in [1.82, 2.24) is 9.97 Å². The maximum Gasteiger partial charge on any atom is 0.321 e. The minimum atomic E-state index is -0.586. The SMILES string of the molecule is O=C(OCC1c2ccccc2-c2ccccc21)C(c1cc2ccccc2[nH]1)c1cc2ccccc2[nH]1. The summed E-state index contributed by atoms with van der Waals surface area (Å²) in [6.45, 7) is 0.295. The standard InChI is InChI=1S/C32H24N2O2/c35-32(36-19-26-24-13-5-3-11-22(24)23-12-4-6-14-25(23)26)31(29-17-20-9-1-7-15-27(20)33-29)30-18-21-10-2-8-16-28(21)34-30/h1-18,26,31,33-34H,19H2. The second-order valence-electron chi connectivity index (χ2n) is 9.41. The molecule has 0 saturated carbocycles. The zero-order valence-corrected chi connectivity index (χ0v) is 19.6. The highest BCUT2D eigenvalue weighted by molar-refractivity contribution is 5.89. The minimum absolute atomic E-state index is 0.0208. The van der Waals surface area contributed by atoms with Crippen LogP contribution in [-0.4, -0.2) is 22.5 Å². The Hall–Kier alpha value is -4.57. The molecule has 174 valence electrons. The van der Waals surface area contributed by atoms with Crippen LogP contribution in [0.3, 0.4) is 0 Å². The van der Waals surface area contributed by atoms with Gasteiger partial charge in [0.15, 0.2) is 0 Å². The van der Waals surface area contributed by atoms with Crippen LogP contribution in [0.25, 0.3) is 32.9 Å². The predicted octanol–water partition coefficient (Wildman–Crippen LogP) is 7.14. The molecule has 0 saturated heterocycles. The largest absolute Gasteiger partial charge is 0.464 e. The molecule has 7 rings (SSSR count). The number of aromatic nitrogens is 2. The molecule has 0 amide bonds. The number of benzene rings is 4. The number of carbonyl (C=O) groups is 1. The molecule has 2 heterocycles. The van der Waals surface area contributed by atoms with E-state index in [1.54, 1.807) is 0 Å². The Kier molecular flexibility index (Phi) is 4.78. The van der Waals surface area contributed by atoms with Gasteiger partial charge < -0.3 is 14.7 Å². The van der Waals surface area contributed by atoms with Gasteiger partial charge in [-0.15, -0.1) is 0 Å². The van der Waals surface area contributed by atoms with Gasteiger partial charge in [0.2, 0.25) is 0 Å². The Bertz CT molecular complexity index is 1560. The lowest BCUT2D eigenvalue weighted by atomic mass is 9.97. The third kappa shape index (κ3) is 3.34. The Labute approximate surface area is 208 Å². The second-order valence-corrected chi connectivity index (χ2v) is 9.41. The molecule has 4 aromatic carbocycles. The van der Waals surface area contributed by atoms with Crippen LogP contribution < -0.4 is 0 Å². The molecule has 0 spiro atoms. The van der Waals surface area contributed by atoms with Gasteiger partial charge >= 0.3 is 5.97 Å². The fourth-order valence-corrected chi connectivity index (χ4v) is 5.61. The normalized spacial score (nSPS) is 12.8. The number of rotatable bonds is 5. The summed E-state index contributed by atoms with van der Waals surface area (Å²) in [6, 6.07) is 37.1. The molecule has 1 aliphatic rings. The first-order valence-electron chi connectivity index (χ1n) is 12.3. The van der Waals surface area contributed by atoms with E-state index in [-0.39, 0.29) is 11.9 Å². The molecule has 6 aromatic rings. The lowest BCUT2D eigenvalue weighted by Gasteiger charge is -2.18. The number of aromatic amines is 2. The highest BCUT2D eigenvalue weighted by atomic mass is 16.5. The summed E-state index contributed by atoms with van der Waals surface area (Å²) in [5.41, 5.74) is 8.49. The van der Waals surface area contributed by atoms with Crippen molar-refractivity contribution >= 4 is 27.8 Å². The number of fused-ring (bicyclic) bond motifs is 5. The smallest absolute Gasteiger partial charge is 0.321 e. The van der Waals surface area contributed by atoms with Gasteiger partial charge in [0.1, 0.15) is 12.5 Å². The van der Waals surface area contributed by atoms with Crippen molar-refractivity contribution in [1.29, 1.82) is 0 Å². The van der Waals surface area contributed by atoms with Crippen LogP contribution in [-0.2, 0) is 9.53 Å². The molecular weight excluding hydrogens is 444 g/mol. The van der Waals surface area contributed by atoms with Crippen molar-refractivity contribution < 1.29 is 9.53 Å². The summed E-state index contributed by atoms with van der Waals surface area (Å²) in [5.74, 6) is -0.834. The maximum absolute atomic E-state index is 13.8. The van der Waals surface area contributed by atoms with Crippen LogP contribution in [0.15, 0.2) is 109 Å². The number of ether oxygens (including phenoxy) is 1. The van der Waals surface area contributed by atoms with Crippen LogP contribution in [0.1, 0.15) is 34.4 Å². The molecule has 2 aromatic heterocycles. The first-order chi connectivity index (χ1) is 17.8. The monoisotopic (exact) mass is 468 g/mol. The van der Waals surface area contributed by atoms with E-state index in [2.05, 4.69) is 70.6 Å². The lowest BCUT2D eigenvalue weighted by Crippen LogP contribution is -2.21. The van der Waals surface area contributed by atoms with Crippen LogP contribution in [0.4, 0.5) is 0 Å². The summed E-state index contributed by atoms with van der Waals surface area (Å²) in [7, 11) is 0. The van der Waals surface area contributed by atoms with E-state index in [4.69, 9.17) is 4.74 Å². The lowest BCUT2D eigenvalue weighted by molar-refractivity contribution is -0.144. The summed E-state index contributed by atoms with van der Waals surface area (Å²) < 4.78 is 6.12. The molecule has 2 N–H and O–H groups in total. The quantitative estimate of drug-likeness (QED) is 0.264. The summed E-state index contributed by atoms with van der Waals surface area (Å²) in [4.78, 5) is 20.7. The Balaban J connectivity index is 1.25. The van der Waals surface area contributed by atoms with Gasteiger partial charge in [-0.25, -0.2) is 0 Å². The molecule has 36 heavy (non-hydrogen) atoms. The molecule has 0 unspecified atom stereocenters. The molecule has 0 fully saturated rings. The third-order valence-electron chi connectivity index (χ3n) is 7.31. The van der Waals surface area contributed by atoms with Crippen molar-refractivity contribution in [2.75, 3.05) is 6.61 Å². The Morgan fingerprint density at radius 2 is 1.14 bits per heavy atom. The summed E-state index contributed by atoms with van der Waals surface area (Å²) in [5, 5.41) is 2.14. The minimum Gasteiger partial charge on any atom is -0.464 e. The molecule has 0 bridgehead atoms. The van der Waals surface area contributed by atoms with E-state index in [1.165, 1.54) is 22.3 Å².